The standard InChI is InChI=1S/C55H87FN4O14/c1-15-42-55(10,67)48(64)34(6)45(59-70-14)30(2)26-54(9,69-13)50(32(4)44(33(5)51(66)73-42)41-27-53(8,68-12)49(65)35(7)72-41)74-52-47(63)40(25-31(3)71-52)60(11)24-22-43(61)58-39(28-56)46(62)37-20-18-36(19-21-37)38-17-16-23-57-29-38/h16-21,23,29-35,39-42,44,46-50,52,62-65,67H,15,22,24-28H2,1-14H3,(H,58,61)/b59-45+/t30-,31-,32+,33-,34+,35+,39-,40+,41?,42-,44+,46-,47-,48-,49+,50-,52+,53-,54-,55-/m1/s1. The summed E-state index contributed by atoms with van der Waals surface area (Å²) in [6, 6.07) is 8.91. The Bertz CT molecular complexity index is 2130. The number of esters is 1. The lowest BCUT2D eigenvalue weighted by Gasteiger charge is -2.52. The fourth-order valence-corrected chi connectivity index (χ4v) is 11.9. The van der Waals surface area contributed by atoms with Crippen LogP contribution in [0.25, 0.3) is 11.1 Å². The molecule has 20 atom stereocenters. The Hall–Kier alpha value is -3.73. The molecule has 1 amide bonds. The van der Waals surface area contributed by atoms with Crippen LogP contribution in [0.2, 0.25) is 0 Å². The Morgan fingerprint density at radius 2 is 1.61 bits per heavy atom. The molecule has 1 aromatic heterocycles. The number of cyclic esters (lactones) is 1. The second kappa shape index (κ2) is 26.1. The predicted octanol–water partition coefficient (Wildman–Crippen LogP) is 5.16. The van der Waals surface area contributed by atoms with Gasteiger partial charge >= 0.3 is 5.97 Å². The van der Waals surface area contributed by atoms with E-state index in [1.165, 1.54) is 21.1 Å². The second-order valence-corrected chi connectivity index (χ2v) is 21.9. The highest BCUT2D eigenvalue weighted by Crippen LogP contribution is 2.46. The summed E-state index contributed by atoms with van der Waals surface area (Å²) in [6.07, 6.45) is -6.25. The molecule has 0 bridgehead atoms. The quantitative estimate of drug-likeness (QED) is 0.0941. The van der Waals surface area contributed by atoms with Crippen molar-refractivity contribution in [3.8, 4) is 11.1 Å². The number of methoxy groups -OCH3 is 2. The first-order chi connectivity index (χ1) is 34.8. The molecule has 5 rings (SSSR count). The number of nitrogens with one attached hydrogen (secondary N) is 1. The number of benzene rings is 1. The van der Waals surface area contributed by atoms with Crippen molar-refractivity contribution in [3.05, 3.63) is 54.4 Å². The number of carbonyl (C=O) groups is 2. The maximum absolute atomic E-state index is 14.7. The number of aliphatic hydroxyl groups is 5. The van der Waals surface area contributed by atoms with Gasteiger partial charge in [-0.3, -0.25) is 14.6 Å². The molecular formula is C55H87FN4O14. The number of hydrogen-bond donors (Lipinski definition) is 6. The molecule has 19 heteroatoms. The fourth-order valence-electron chi connectivity index (χ4n) is 11.9. The summed E-state index contributed by atoms with van der Waals surface area (Å²) in [7, 11) is 6.22. The molecule has 3 aliphatic heterocycles. The van der Waals surface area contributed by atoms with E-state index in [9.17, 15) is 39.5 Å². The van der Waals surface area contributed by atoms with Gasteiger partial charge in [0.2, 0.25) is 5.91 Å². The highest BCUT2D eigenvalue weighted by Gasteiger charge is 2.56. The lowest BCUT2D eigenvalue weighted by atomic mass is 9.67. The third-order valence-electron chi connectivity index (χ3n) is 16.6. The zero-order valence-corrected chi connectivity index (χ0v) is 46.0. The molecule has 418 valence electrons. The number of amides is 1. The summed E-state index contributed by atoms with van der Waals surface area (Å²) in [5.41, 5.74) is -1.69. The van der Waals surface area contributed by atoms with Gasteiger partial charge in [-0.05, 0) is 89.6 Å². The third-order valence-corrected chi connectivity index (χ3v) is 16.6. The minimum absolute atomic E-state index is 0.0830. The molecular weight excluding hydrogens is 960 g/mol. The Balaban J connectivity index is 1.46. The van der Waals surface area contributed by atoms with Crippen molar-refractivity contribution >= 4 is 17.6 Å². The number of halogens is 1. The highest BCUT2D eigenvalue weighted by atomic mass is 19.1. The van der Waals surface area contributed by atoms with Gasteiger partial charge in [0.15, 0.2) is 6.29 Å². The molecule has 1 unspecified atom stereocenters. The third kappa shape index (κ3) is 13.7. The summed E-state index contributed by atoms with van der Waals surface area (Å²) >= 11 is 0. The van der Waals surface area contributed by atoms with E-state index < -0.39 is 138 Å². The Labute approximate surface area is 437 Å². The normalized spacial score (nSPS) is 39.2. The van der Waals surface area contributed by atoms with Gasteiger partial charge < -0.3 is 69.0 Å². The van der Waals surface area contributed by atoms with Gasteiger partial charge in [0, 0.05) is 69.8 Å². The van der Waals surface area contributed by atoms with Crippen LogP contribution in [0, 0.1) is 29.6 Å². The van der Waals surface area contributed by atoms with Crippen LogP contribution in [0.4, 0.5) is 4.39 Å². The molecule has 3 aliphatic rings. The minimum atomic E-state index is -1.93. The number of likely N-dealkylation sites (N-methyl/N-ethyl adjacent to an activating group) is 1. The summed E-state index contributed by atoms with van der Waals surface area (Å²) < 4.78 is 53.4. The van der Waals surface area contributed by atoms with Crippen molar-refractivity contribution in [2.24, 2.45) is 34.7 Å². The topological polar surface area (TPSA) is 240 Å². The van der Waals surface area contributed by atoms with Crippen LogP contribution in [-0.2, 0) is 42.8 Å². The first-order valence-corrected chi connectivity index (χ1v) is 26.2. The van der Waals surface area contributed by atoms with Gasteiger partial charge in [0.05, 0.1) is 59.4 Å². The number of aliphatic hydroxyl groups excluding tert-OH is 4. The smallest absolute Gasteiger partial charge is 0.309 e. The number of carbonyl (C=O) groups excluding carboxylic acids is 2. The van der Waals surface area contributed by atoms with Gasteiger partial charge in [0.25, 0.3) is 0 Å². The van der Waals surface area contributed by atoms with E-state index in [1.807, 2.05) is 44.7 Å². The molecule has 6 N–H and O–H groups in total. The Kier molecular flexibility index (Phi) is 21.5. The monoisotopic (exact) mass is 1050 g/mol. The van der Waals surface area contributed by atoms with Crippen LogP contribution >= 0.6 is 0 Å². The Morgan fingerprint density at radius 3 is 2.19 bits per heavy atom. The molecule has 74 heavy (non-hydrogen) atoms. The van der Waals surface area contributed by atoms with E-state index in [2.05, 4.69) is 15.5 Å². The summed E-state index contributed by atoms with van der Waals surface area (Å²) in [5, 5.41) is 65.9. The van der Waals surface area contributed by atoms with Gasteiger partial charge in [-0.1, -0.05) is 70.1 Å². The number of alkyl halides is 1. The zero-order chi connectivity index (χ0) is 55.0. The van der Waals surface area contributed by atoms with E-state index in [1.54, 1.807) is 85.4 Å². The number of hydrogen-bond acceptors (Lipinski definition) is 17. The fraction of sp³-hybridized carbons (Fsp3) is 0.745. The maximum atomic E-state index is 14.7. The van der Waals surface area contributed by atoms with E-state index in [4.69, 9.17) is 33.3 Å². The Morgan fingerprint density at radius 1 is 0.946 bits per heavy atom. The van der Waals surface area contributed by atoms with E-state index in [0.29, 0.717) is 17.7 Å². The molecule has 4 heterocycles. The summed E-state index contributed by atoms with van der Waals surface area (Å²) in [6.45, 7) is 16.8. The van der Waals surface area contributed by atoms with Crippen molar-refractivity contribution in [1.29, 1.82) is 0 Å². The molecule has 1 aromatic carbocycles. The highest BCUT2D eigenvalue weighted by molar-refractivity contribution is 5.89. The average Bonchev–Trinajstić information content (AvgIpc) is 3.38. The van der Waals surface area contributed by atoms with Crippen LogP contribution in [0.1, 0.15) is 113 Å². The molecule has 2 aromatic rings. The lowest BCUT2D eigenvalue weighted by molar-refractivity contribution is -0.305. The molecule has 3 saturated heterocycles. The molecule has 3 fully saturated rings. The summed E-state index contributed by atoms with van der Waals surface area (Å²) in [5.74, 6) is -4.84. The van der Waals surface area contributed by atoms with Crippen molar-refractivity contribution in [2.45, 2.75) is 191 Å². The summed E-state index contributed by atoms with van der Waals surface area (Å²) in [4.78, 5) is 39.5. The number of oxime groups is 1. The molecule has 0 saturated carbocycles. The molecule has 0 aliphatic carbocycles. The van der Waals surface area contributed by atoms with Gasteiger partial charge in [0.1, 0.15) is 43.8 Å². The minimum Gasteiger partial charge on any atom is -0.459 e. The van der Waals surface area contributed by atoms with Crippen LogP contribution in [0.15, 0.2) is 53.9 Å². The van der Waals surface area contributed by atoms with Crippen LogP contribution in [0.3, 0.4) is 0 Å². The van der Waals surface area contributed by atoms with Crippen LogP contribution < -0.4 is 5.32 Å². The van der Waals surface area contributed by atoms with Gasteiger partial charge in [-0.25, -0.2) is 4.39 Å². The number of ether oxygens (including phenoxy) is 6. The van der Waals surface area contributed by atoms with Crippen LogP contribution in [-0.4, -0.2) is 179 Å². The van der Waals surface area contributed by atoms with Crippen molar-refractivity contribution in [2.75, 3.05) is 41.6 Å². The molecule has 0 spiro atoms. The molecule has 18 nitrogen and oxygen atoms in total. The van der Waals surface area contributed by atoms with Crippen LogP contribution in [0.5, 0.6) is 0 Å². The van der Waals surface area contributed by atoms with Crippen molar-refractivity contribution in [1.82, 2.24) is 15.2 Å². The lowest BCUT2D eigenvalue weighted by Crippen LogP contribution is -2.62. The first kappa shape index (κ1) is 61.1. The largest absolute Gasteiger partial charge is 0.459 e. The first-order valence-electron chi connectivity index (χ1n) is 26.2. The number of rotatable bonds is 16. The second-order valence-electron chi connectivity index (χ2n) is 21.9. The van der Waals surface area contributed by atoms with Gasteiger partial charge in [-0.2, -0.15) is 0 Å². The number of nitrogens with zero attached hydrogens (tertiary/aromatic N) is 3. The maximum Gasteiger partial charge on any atom is 0.309 e. The SMILES string of the molecule is CC[C@H]1OC(=O)[C@H](C)[C@@H](C2C[C@@](C)(OC)[C@@H](O)[C@H](C)O2)[C@H](C)[C@@H](O[C@@H]2O[C@H](C)C[C@H](N(C)CCC(=O)N[C@H](CF)[C@H](O)c3ccc(-c4cccnc4)cc3)[C@H]2O)[C@](C)(OC)C[C@@H](C)/C(=N\OC)[C@H](C)[C@@H](O)[C@]1(C)O. The zero-order valence-electron chi connectivity index (χ0n) is 46.0. The average molecular weight is 1050 g/mol. The number of pyridine rings is 1. The number of aromatic nitrogens is 1. The van der Waals surface area contributed by atoms with E-state index in [0.717, 1.165) is 11.1 Å². The van der Waals surface area contributed by atoms with E-state index in [-0.39, 0.29) is 32.2 Å². The predicted molar refractivity (Wildman–Crippen MR) is 275 cm³/mol. The van der Waals surface area contributed by atoms with Crippen molar-refractivity contribution < 1.29 is 72.8 Å². The van der Waals surface area contributed by atoms with Gasteiger partial charge in [-0.15, -0.1) is 0 Å². The van der Waals surface area contributed by atoms with E-state index >= 15 is 0 Å². The van der Waals surface area contributed by atoms with Crippen molar-refractivity contribution in [3.63, 3.8) is 0 Å². The molecule has 0 radical (unpaired) electrons.